The first-order chi connectivity index (χ1) is 15.0. The van der Waals surface area contributed by atoms with Crippen LogP contribution in [-0.2, 0) is 17.9 Å². The highest BCUT2D eigenvalue weighted by atomic mass is 35.5. The van der Waals surface area contributed by atoms with E-state index in [1.807, 2.05) is 60.7 Å². The van der Waals surface area contributed by atoms with E-state index in [-0.39, 0.29) is 17.7 Å². The zero-order chi connectivity index (χ0) is 21.8. The fraction of sp³-hybridized carbons (Fsp3) is 0.0833. The monoisotopic (exact) mass is 469 g/mol. The number of thioether (sulfide) groups is 1. The second-order valence-electron chi connectivity index (χ2n) is 6.83. The summed E-state index contributed by atoms with van der Waals surface area (Å²) in [6.45, 7) is 0.523. The van der Waals surface area contributed by atoms with Crippen molar-refractivity contribution in [3.05, 3.63) is 104 Å². The molecule has 0 N–H and O–H groups in total. The lowest BCUT2D eigenvalue weighted by molar-refractivity contribution is -0.123. The van der Waals surface area contributed by atoms with Gasteiger partial charge in [-0.2, -0.15) is 0 Å². The molecule has 0 radical (unpaired) electrons. The smallest absolute Gasteiger partial charge is 0.293 e. The first kappa shape index (κ1) is 21.5. The fourth-order valence-electron chi connectivity index (χ4n) is 3.11. The number of halogens is 2. The number of hydrogen-bond donors (Lipinski definition) is 0. The zero-order valence-corrected chi connectivity index (χ0v) is 18.6. The quantitative estimate of drug-likeness (QED) is 0.372. The number of amides is 2. The molecule has 2 amide bonds. The summed E-state index contributed by atoms with van der Waals surface area (Å²) in [4.78, 5) is 26.9. The molecule has 1 aliphatic heterocycles. The van der Waals surface area contributed by atoms with Gasteiger partial charge in [0.2, 0.25) is 0 Å². The van der Waals surface area contributed by atoms with E-state index >= 15 is 0 Å². The van der Waals surface area contributed by atoms with Gasteiger partial charge in [0.15, 0.2) is 0 Å². The third-order valence-corrected chi connectivity index (χ3v) is 6.01. The molecule has 1 saturated heterocycles. The maximum Gasteiger partial charge on any atom is 0.293 e. The number of rotatable bonds is 6. The summed E-state index contributed by atoms with van der Waals surface area (Å²) in [5.41, 5.74) is 2.39. The molecule has 7 heteroatoms. The summed E-state index contributed by atoms with van der Waals surface area (Å²) in [5, 5.41) is 0.421. The Kier molecular flexibility index (Phi) is 6.66. The minimum Gasteiger partial charge on any atom is -0.487 e. The van der Waals surface area contributed by atoms with Gasteiger partial charge in [0.05, 0.1) is 16.5 Å². The van der Waals surface area contributed by atoms with Crippen molar-refractivity contribution in [2.75, 3.05) is 0 Å². The fourth-order valence-corrected chi connectivity index (χ4v) is 4.51. The van der Waals surface area contributed by atoms with E-state index in [1.165, 1.54) is 4.90 Å². The number of benzene rings is 3. The van der Waals surface area contributed by atoms with E-state index in [1.54, 1.807) is 18.2 Å². The standard InChI is InChI=1S/C24H17Cl2NO3S/c25-19-11-18(22(20(26)13-19)30-15-17-9-5-2-6-10-17)12-21-23(28)27(24(29)31-21)14-16-7-3-1-4-8-16/h1-13H,14-15H2/b21-12-. The van der Waals surface area contributed by atoms with Crippen LogP contribution in [0.4, 0.5) is 4.79 Å². The van der Waals surface area contributed by atoms with Crippen LogP contribution in [0.3, 0.4) is 0 Å². The molecule has 3 aromatic rings. The first-order valence-corrected chi connectivity index (χ1v) is 11.0. The summed E-state index contributed by atoms with van der Waals surface area (Å²) >= 11 is 13.5. The molecule has 4 rings (SSSR count). The molecule has 0 spiro atoms. The molecule has 0 aromatic heterocycles. The number of hydrogen-bond acceptors (Lipinski definition) is 4. The van der Waals surface area contributed by atoms with Gasteiger partial charge in [-0.25, -0.2) is 0 Å². The highest BCUT2D eigenvalue weighted by Gasteiger charge is 2.35. The van der Waals surface area contributed by atoms with Crippen LogP contribution >= 0.6 is 35.0 Å². The van der Waals surface area contributed by atoms with Crippen molar-refractivity contribution in [1.29, 1.82) is 0 Å². The number of imide groups is 1. The molecular formula is C24H17Cl2NO3S. The van der Waals surface area contributed by atoms with E-state index in [0.717, 1.165) is 22.9 Å². The maximum atomic E-state index is 12.9. The van der Waals surface area contributed by atoms with Gasteiger partial charge in [0.1, 0.15) is 12.4 Å². The normalized spacial score (nSPS) is 15.0. The molecule has 1 fully saturated rings. The van der Waals surface area contributed by atoms with E-state index in [4.69, 9.17) is 27.9 Å². The van der Waals surface area contributed by atoms with Crippen molar-refractivity contribution in [2.24, 2.45) is 0 Å². The number of nitrogens with zero attached hydrogens (tertiary/aromatic N) is 1. The predicted molar refractivity (Wildman–Crippen MR) is 125 cm³/mol. The van der Waals surface area contributed by atoms with Crippen molar-refractivity contribution in [1.82, 2.24) is 4.90 Å². The van der Waals surface area contributed by atoms with Gasteiger partial charge in [0, 0.05) is 10.6 Å². The van der Waals surface area contributed by atoms with Crippen LogP contribution in [0.1, 0.15) is 16.7 Å². The minimum atomic E-state index is -0.357. The predicted octanol–water partition coefficient (Wildman–Crippen LogP) is 6.81. The van der Waals surface area contributed by atoms with E-state index in [9.17, 15) is 9.59 Å². The van der Waals surface area contributed by atoms with Crippen LogP contribution < -0.4 is 4.74 Å². The van der Waals surface area contributed by atoms with Crippen molar-refractivity contribution >= 4 is 52.2 Å². The highest BCUT2D eigenvalue weighted by Crippen LogP contribution is 2.38. The summed E-state index contributed by atoms with van der Waals surface area (Å²) in [5.74, 6) is 0.0498. The van der Waals surface area contributed by atoms with Crippen molar-refractivity contribution < 1.29 is 14.3 Å². The van der Waals surface area contributed by atoms with Crippen LogP contribution in [0.2, 0.25) is 10.0 Å². The van der Waals surface area contributed by atoms with Crippen molar-refractivity contribution in [3.8, 4) is 5.75 Å². The first-order valence-electron chi connectivity index (χ1n) is 9.46. The molecule has 1 heterocycles. The van der Waals surface area contributed by atoms with Gasteiger partial charge in [-0.3, -0.25) is 14.5 Å². The third kappa shape index (κ3) is 5.13. The van der Waals surface area contributed by atoms with Gasteiger partial charge in [-0.1, -0.05) is 83.9 Å². The SMILES string of the molecule is O=C1S/C(=C\c2cc(Cl)cc(Cl)c2OCc2ccccc2)C(=O)N1Cc1ccccc1. The number of carbonyl (C=O) groups excluding carboxylic acids is 2. The Morgan fingerprint density at radius 2 is 1.55 bits per heavy atom. The second-order valence-corrected chi connectivity index (χ2v) is 8.67. The average Bonchev–Trinajstić information content (AvgIpc) is 3.02. The largest absolute Gasteiger partial charge is 0.487 e. The Bertz CT molecular complexity index is 1150. The average molecular weight is 470 g/mol. The van der Waals surface area contributed by atoms with Crippen LogP contribution in [0.25, 0.3) is 6.08 Å². The summed E-state index contributed by atoms with van der Waals surface area (Å²) in [6.07, 6.45) is 1.61. The molecule has 0 atom stereocenters. The van der Waals surface area contributed by atoms with E-state index in [0.29, 0.717) is 32.9 Å². The Morgan fingerprint density at radius 3 is 2.23 bits per heavy atom. The van der Waals surface area contributed by atoms with Crippen LogP contribution in [-0.4, -0.2) is 16.0 Å². The highest BCUT2D eigenvalue weighted by molar-refractivity contribution is 8.18. The molecule has 0 unspecified atom stereocenters. The second kappa shape index (κ2) is 9.60. The summed E-state index contributed by atoms with van der Waals surface area (Å²) in [7, 11) is 0. The van der Waals surface area contributed by atoms with Gasteiger partial charge in [0.25, 0.3) is 11.1 Å². The topological polar surface area (TPSA) is 46.6 Å². The zero-order valence-electron chi connectivity index (χ0n) is 16.3. The molecule has 0 aliphatic carbocycles. The van der Waals surface area contributed by atoms with Gasteiger partial charge >= 0.3 is 0 Å². The Labute approximate surface area is 194 Å². The third-order valence-electron chi connectivity index (χ3n) is 4.61. The molecule has 3 aromatic carbocycles. The van der Waals surface area contributed by atoms with Crippen molar-refractivity contribution in [3.63, 3.8) is 0 Å². The maximum absolute atomic E-state index is 12.9. The number of carbonyl (C=O) groups is 2. The Morgan fingerprint density at radius 1 is 0.903 bits per heavy atom. The molecular weight excluding hydrogens is 453 g/mol. The Hall–Kier alpha value is -2.73. The van der Waals surface area contributed by atoms with Crippen LogP contribution in [0.15, 0.2) is 77.7 Å². The Balaban J connectivity index is 1.60. The molecule has 4 nitrogen and oxygen atoms in total. The van der Waals surface area contributed by atoms with E-state index in [2.05, 4.69) is 0 Å². The van der Waals surface area contributed by atoms with Crippen LogP contribution in [0, 0.1) is 0 Å². The molecule has 0 saturated carbocycles. The van der Waals surface area contributed by atoms with Gasteiger partial charge in [-0.05, 0) is 41.1 Å². The lowest BCUT2D eigenvalue weighted by atomic mass is 10.1. The lowest BCUT2D eigenvalue weighted by Crippen LogP contribution is -2.27. The van der Waals surface area contributed by atoms with Gasteiger partial charge in [-0.15, -0.1) is 0 Å². The lowest BCUT2D eigenvalue weighted by Gasteiger charge is -2.13. The molecule has 156 valence electrons. The van der Waals surface area contributed by atoms with Gasteiger partial charge < -0.3 is 4.74 Å². The summed E-state index contributed by atoms with van der Waals surface area (Å²) < 4.78 is 5.95. The number of ether oxygens (including phenoxy) is 1. The molecule has 0 bridgehead atoms. The molecule has 31 heavy (non-hydrogen) atoms. The summed E-state index contributed by atoms with van der Waals surface area (Å²) in [6, 6.07) is 22.3. The van der Waals surface area contributed by atoms with Crippen LogP contribution in [0.5, 0.6) is 5.75 Å². The minimum absolute atomic E-state index is 0.219. The molecule has 1 aliphatic rings. The van der Waals surface area contributed by atoms with Crippen molar-refractivity contribution in [2.45, 2.75) is 13.2 Å². The van der Waals surface area contributed by atoms with E-state index < -0.39 is 0 Å².